The van der Waals surface area contributed by atoms with E-state index in [9.17, 15) is 9.18 Å². The fraction of sp³-hybridized carbons (Fsp3) is 0.231. The van der Waals surface area contributed by atoms with Gasteiger partial charge in [0.05, 0.1) is 24.7 Å². The lowest BCUT2D eigenvalue weighted by Gasteiger charge is -2.15. The van der Waals surface area contributed by atoms with Crippen LogP contribution in [-0.4, -0.2) is 36.7 Å². The second kappa shape index (κ2) is 6.04. The van der Waals surface area contributed by atoms with Crippen LogP contribution in [0.15, 0.2) is 21.6 Å². The summed E-state index contributed by atoms with van der Waals surface area (Å²) in [5.74, 6) is -1.22. The van der Waals surface area contributed by atoms with Crippen molar-refractivity contribution in [2.24, 2.45) is 0 Å². The zero-order chi connectivity index (χ0) is 15.6. The number of benzene rings is 1. The molecule has 1 N–H and O–H groups in total. The normalized spacial score (nSPS) is 10.5. The van der Waals surface area contributed by atoms with Crippen molar-refractivity contribution in [2.45, 2.75) is 4.90 Å². The molecule has 0 amide bonds. The number of carboxylic acid groups (broad SMARTS) is 1. The van der Waals surface area contributed by atoms with Crippen LogP contribution >= 0.6 is 11.8 Å². The van der Waals surface area contributed by atoms with E-state index in [1.165, 1.54) is 38.1 Å². The van der Waals surface area contributed by atoms with E-state index in [0.29, 0.717) is 0 Å². The Bertz CT molecular complexity index is 685. The van der Waals surface area contributed by atoms with E-state index in [-0.39, 0.29) is 33.4 Å². The summed E-state index contributed by atoms with van der Waals surface area (Å²) in [6.45, 7) is 0. The van der Waals surface area contributed by atoms with Crippen molar-refractivity contribution >= 4 is 17.7 Å². The summed E-state index contributed by atoms with van der Waals surface area (Å²) >= 11 is 1.17. The second-order valence-corrected chi connectivity index (χ2v) is 4.70. The van der Waals surface area contributed by atoms with Crippen LogP contribution < -0.4 is 9.47 Å². The van der Waals surface area contributed by atoms with Gasteiger partial charge in [0, 0.05) is 6.07 Å². The quantitative estimate of drug-likeness (QED) is 0.850. The molecule has 0 saturated carbocycles. The maximum atomic E-state index is 14.1. The van der Waals surface area contributed by atoms with Gasteiger partial charge in [-0.2, -0.15) is 0 Å². The van der Waals surface area contributed by atoms with Crippen molar-refractivity contribution in [3.8, 4) is 22.8 Å². The van der Waals surface area contributed by atoms with Crippen LogP contribution in [0.4, 0.5) is 4.39 Å². The smallest absolute Gasteiger partial charge is 0.358 e. The molecule has 2 aromatic rings. The van der Waals surface area contributed by atoms with Crippen molar-refractivity contribution in [3.63, 3.8) is 0 Å². The number of rotatable bonds is 5. The number of aromatic carboxylic acids is 1. The van der Waals surface area contributed by atoms with Crippen LogP contribution in [0.2, 0.25) is 0 Å². The van der Waals surface area contributed by atoms with Gasteiger partial charge in [-0.05, 0) is 12.3 Å². The van der Waals surface area contributed by atoms with Crippen LogP contribution in [0.3, 0.4) is 0 Å². The minimum atomic E-state index is -1.24. The zero-order valence-electron chi connectivity index (χ0n) is 11.5. The molecule has 0 unspecified atom stereocenters. The van der Waals surface area contributed by atoms with Crippen molar-refractivity contribution in [2.75, 3.05) is 20.5 Å². The Hall–Kier alpha value is -2.22. The first-order chi connectivity index (χ1) is 10.0. The molecule has 1 aromatic carbocycles. The van der Waals surface area contributed by atoms with Gasteiger partial charge in [-0.15, -0.1) is 11.8 Å². The van der Waals surface area contributed by atoms with Gasteiger partial charge in [0.2, 0.25) is 0 Å². The molecule has 8 heteroatoms. The summed E-state index contributed by atoms with van der Waals surface area (Å²) in [7, 11) is 2.79. The molecule has 2 rings (SSSR count). The third-order valence-corrected chi connectivity index (χ3v) is 3.54. The number of nitrogens with zero attached hydrogens (tertiary/aromatic N) is 1. The fourth-order valence-corrected chi connectivity index (χ4v) is 2.47. The molecule has 0 saturated heterocycles. The largest absolute Gasteiger partial charge is 0.492 e. The molecular weight excluding hydrogens is 301 g/mol. The fourth-order valence-electron chi connectivity index (χ4n) is 1.86. The average Bonchev–Trinajstić information content (AvgIpc) is 2.95. The second-order valence-electron chi connectivity index (χ2n) is 3.89. The summed E-state index contributed by atoms with van der Waals surface area (Å²) in [6, 6.07) is 2.39. The molecule has 1 aromatic heterocycles. The summed E-state index contributed by atoms with van der Waals surface area (Å²) in [4.78, 5) is 11.1. The van der Waals surface area contributed by atoms with Crippen LogP contribution in [0.1, 0.15) is 10.5 Å². The molecule has 0 radical (unpaired) electrons. The number of hydrogen-bond donors (Lipinski definition) is 1. The minimum Gasteiger partial charge on any atom is -0.492 e. The lowest BCUT2D eigenvalue weighted by atomic mass is 10.1. The number of thioether (sulfide) groups is 1. The van der Waals surface area contributed by atoms with E-state index in [0.717, 1.165) is 0 Å². The molecule has 112 valence electrons. The first-order valence-corrected chi connectivity index (χ1v) is 6.94. The van der Waals surface area contributed by atoms with Gasteiger partial charge in [0.25, 0.3) is 0 Å². The first-order valence-electron chi connectivity index (χ1n) is 5.72. The van der Waals surface area contributed by atoms with Crippen LogP contribution in [0.25, 0.3) is 11.3 Å². The molecule has 6 nitrogen and oxygen atoms in total. The Morgan fingerprint density at radius 3 is 2.48 bits per heavy atom. The first kappa shape index (κ1) is 15.2. The number of hydrogen-bond acceptors (Lipinski definition) is 6. The van der Waals surface area contributed by atoms with Crippen molar-refractivity contribution in [1.82, 2.24) is 5.16 Å². The highest BCUT2D eigenvalue weighted by atomic mass is 32.2. The highest BCUT2D eigenvalue weighted by Crippen LogP contribution is 2.45. The third kappa shape index (κ3) is 2.66. The summed E-state index contributed by atoms with van der Waals surface area (Å²) in [6.07, 6.45) is 1.71. The Kier molecular flexibility index (Phi) is 4.37. The number of aromatic nitrogens is 1. The van der Waals surface area contributed by atoms with E-state index in [1.54, 1.807) is 6.26 Å². The maximum absolute atomic E-state index is 14.1. The molecule has 21 heavy (non-hydrogen) atoms. The van der Waals surface area contributed by atoms with E-state index in [2.05, 4.69) is 5.16 Å². The Morgan fingerprint density at radius 1 is 1.33 bits per heavy atom. The highest BCUT2D eigenvalue weighted by molar-refractivity contribution is 7.98. The molecular formula is C13H12FNO5S. The van der Waals surface area contributed by atoms with E-state index in [4.69, 9.17) is 19.1 Å². The maximum Gasteiger partial charge on any atom is 0.358 e. The molecule has 0 bridgehead atoms. The molecule has 0 aliphatic heterocycles. The van der Waals surface area contributed by atoms with Gasteiger partial charge >= 0.3 is 5.97 Å². The predicted molar refractivity (Wildman–Crippen MR) is 73.7 cm³/mol. The van der Waals surface area contributed by atoms with Crippen LogP contribution in [0, 0.1) is 5.82 Å². The lowest BCUT2D eigenvalue weighted by Crippen LogP contribution is -1.98. The number of carbonyl (C=O) groups is 1. The number of methoxy groups -OCH3 is 2. The monoisotopic (exact) mass is 313 g/mol. The Balaban J connectivity index is 2.67. The minimum absolute atomic E-state index is 0.0779. The van der Waals surface area contributed by atoms with E-state index in [1.807, 2.05) is 0 Å². The van der Waals surface area contributed by atoms with E-state index >= 15 is 0 Å². The van der Waals surface area contributed by atoms with Gasteiger partial charge in [-0.1, -0.05) is 5.16 Å². The third-order valence-electron chi connectivity index (χ3n) is 2.75. The van der Waals surface area contributed by atoms with Crippen LogP contribution in [0.5, 0.6) is 11.5 Å². The molecule has 0 spiro atoms. The standard InChI is InChI=1S/C13H12FNO5S/c1-18-10-6(9-5-8(13(16)17)15-20-9)4-7(14)12(21-3)11(10)19-2/h4-5H,1-3H3,(H,16,17). The SMILES string of the molecule is COc1c(-c2cc(C(=O)O)no2)cc(F)c(SC)c1OC. The van der Waals surface area contributed by atoms with Crippen LogP contribution in [-0.2, 0) is 0 Å². The summed E-state index contributed by atoms with van der Waals surface area (Å²) in [5, 5.41) is 12.2. The molecule has 0 fully saturated rings. The molecule has 0 atom stereocenters. The average molecular weight is 313 g/mol. The van der Waals surface area contributed by atoms with Crippen molar-refractivity contribution in [1.29, 1.82) is 0 Å². The molecule has 0 aliphatic carbocycles. The topological polar surface area (TPSA) is 81.8 Å². The predicted octanol–water partition coefficient (Wildman–Crippen LogP) is 2.92. The van der Waals surface area contributed by atoms with Crippen molar-refractivity contribution < 1.29 is 28.3 Å². The van der Waals surface area contributed by atoms with Gasteiger partial charge < -0.3 is 19.1 Å². The molecule has 1 heterocycles. The number of carboxylic acids is 1. The van der Waals surface area contributed by atoms with Gasteiger partial charge in [0.15, 0.2) is 23.0 Å². The number of halogens is 1. The summed E-state index contributed by atoms with van der Waals surface area (Å²) < 4.78 is 29.5. The number of ether oxygens (including phenoxy) is 2. The highest BCUT2D eigenvalue weighted by Gasteiger charge is 2.23. The van der Waals surface area contributed by atoms with Gasteiger partial charge in [0.1, 0.15) is 5.82 Å². The van der Waals surface area contributed by atoms with Gasteiger partial charge in [-0.3, -0.25) is 0 Å². The Morgan fingerprint density at radius 2 is 2.00 bits per heavy atom. The van der Waals surface area contributed by atoms with Gasteiger partial charge in [-0.25, -0.2) is 9.18 Å². The molecule has 0 aliphatic rings. The zero-order valence-corrected chi connectivity index (χ0v) is 12.3. The lowest BCUT2D eigenvalue weighted by molar-refractivity contribution is 0.0686. The Labute approximate surface area is 123 Å². The van der Waals surface area contributed by atoms with Crippen molar-refractivity contribution in [3.05, 3.63) is 23.6 Å². The van der Waals surface area contributed by atoms with E-state index < -0.39 is 11.8 Å². The summed E-state index contributed by atoms with van der Waals surface area (Å²) in [5.41, 5.74) is -0.0509.